The summed E-state index contributed by atoms with van der Waals surface area (Å²) in [6.07, 6.45) is 0. The lowest BCUT2D eigenvalue weighted by molar-refractivity contribution is 0.884. The Bertz CT molecular complexity index is 593. The second kappa shape index (κ2) is 5.85. The van der Waals surface area contributed by atoms with E-state index in [1.165, 1.54) is 11.1 Å². The quantitative estimate of drug-likeness (QED) is 0.756. The molecular weight excluding hydrogens is 277 g/mol. The van der Waals surface area contributed by atoms with E-state index in [1.54, 1.807) is 6.07 Å². The van der Waals surface area contributed by atoms with E-state index in [2.05, 4.69) is 44.3 Å². The molecule has 2 rings (SSSR count). The van der Waals surface area contributed by atoms with Crippen LogP contribution >= 0.6 is 23.2 Å². The molecule has 0 saturated heterocycles. The molecule has 19 heavy (non-hydrogen) atoms. The van der Waals surface area contributed by atoms with E-state index in [0.717, 1.165) is 11.3 Å². The van der Waals surface area contributed by atoms with Crippen molar-refractivity contribution in [1.82, 2.24) is 0 Å². The average Bonchev–Trinajstić information content (AvgIpc) is 2.33. The van der Waals surface area contributed by atoms with E-state index in [0.29, 0.717) is 10.0 Å². The summed E-state index contributed by atoms with van der Waals surface area (Å²) in [5.41, 5.74) is 4.72. The summed E-state index contributed by atoms with van der Waals surface area (Å²) in [6, 6.07) is 12.1. The van der Waals surface area contributed by atoms with E-state index in [9.17, 15) is 0 Å². The van der Waals surface area contributed by atoms with Gasteiger partial charge >= 0.3 is 0 Å². The highest BCUT2D eigenvalue weighted by Gasteiger charge is 2.10. The third-order valence-electron chi connectivity index (χ3n) is 3.32. The lowest BCUT2D eigenvalue weighted by Gasteiger charge is -2.18. The summed E-state index contributed by atoms with van der Waals surface area (Å²) >= 11 is 12.1. The molecule has 1 unspecified atom stereocenters. The van der Waals surface area contributed by atoms with Gasteiger partial charge in [-0.2, -0.15) is 0 Å². The summed E-state index contributed by atoms with van der Waals surface area (Å²) < 4.78 is 0. The normalized spacial score (nSPS) is 12.3. The summed E-state index contributed by atoms with van der Waals surface area (Å²) in [4.78, 5) is 0. The topological polar surface area (TPSA) is 12.0 Å². The van der Waals surface area contributed by atoms with E-state index in [4.69, 9.17) is 23.2 Å². The highest BCUT2D eigenvalue weighted by atomic mass is 35.5. The van der Waals surface area contributed by atoms with Gasteiger partial charge in [0.1, 0.15) is 0 Å². The minimum Gasteiger partial charge on any atom is -0.378 e. The van der Waals surface area contributed by atoms with Gasteiger partial charge in [0.2, 0.25) is 0 Å². The van der Waals surface area contributed by atoms with Crippen LogP contribution in [0, 0.1) is 13.8 Å². The zero-order valence-electron chi connectivity index (χ0n) is 11.3. The molecule has 0 aliphatic heterocycles. The number of anilines is 1. The number of rotatable bonds is 3. The number of nitrogens with one attached hydrogen (secondary N) is 1. The van der Waals surface area contributed by atoms with Crippen LogP contribution in [0.15, 0.2) is 36.4 Å². The molecule has 0 amide bonds. The highest BCUT2D eigenvalue weighted by molar-refractivity contribution is 6.35. The predicted molar refractivity (Wildman–Crippen MR) is 84.4 cm³/mol. The maximum atomic E-state index is 6.22. The van der Waals surface area contributed by atoms with Crippen LogP contribution in [0.5, 0.6) is 0 Å². The fourth-order valence-corrected chi connectivity index (χ4v) is 2.58. The molecule has 2 aromatic rings. The first-order chi connectivity index (χ1) is 8.97. The average molecular weight is 294 g/mol. The fraction of sp³-hybridized carbons (Fsp3) is 0.250. The van der Waals surface area contributed by atoms with Crippen molar-refractivity contribution in [2.75, 3.05) is 5.32 Å². The maximum Gasteiger partial charge on any atom is 0.0500 e. The van der Waals surface area contributed by atoms with Crippen LogP contribution in [0.4, 0.5) is 5.69 Å². The van der Waals surface area contributed by atoms with Crippen LogP contribution in [-0.2, 0) is 0 Å². The van der Waals surface area contributed by atoms with Crippen LogP contribution in [0.3, 0.4) is 0 Å². The Hall–Kier alpha value is -1.18. The fourth-order valence-electron chi connectivity index (χ4n) is 2.01. The van der Waals surface area contributed by atoms with Crippen molar-refractivity contribution in [3.63, 3.8) is 0 Å². The highest BCUT2D eigenvalue weighted by Crippen LogP contribution is 2.28. The van der Waals surface area contributed by atoms with Crippen molar-refractivity contribution in [3.05, 3.63) is 63.1 Å². The molecule has 0 aromatic heterocycles. The SMILES string of the molecule is Cc1ccc(NC(C)c2ccc(Cl)cc2Cl)cc1C. The number of halogens is 2. The molecule has 2 aromatic carbocycles. The molecule has 0 radical (unpaired) electrons. The van der Waals surface area contributed by atoms with Crippen molar-refractivity contribution in [2.45, 2.75) is 26.8 Å². The van der Waals surface area contributed by atoms with Crippen molar-refractivity contribution in [1.29, 1.82) is 0 Å². The summed E-state index contributed by atoms with van der Waals surface area (Å²) in [5, 5.41) is 4.81. The molecule has 0 aliphatic rings. The first-order valence-electron chi connectivity index (χ1n) is 6.26. The van der Waals surface area contributed by atoms with Gasteiger partial charge in [-0.1, -0.05) is 35.3 Å². The Morgan fingerprint density at radius 1 is 0.947 bits per heavy atom. The molecule has 0 bridgehead atoms. The first kappa shape index (κ1) is 14.2. The van der Waals surface area contributed by atoms with Gasteiger partial charge in [0.15, 0.2) is 0 Å². The van der Waals surface area contributed by atoms with E-state index >= 15 is 0 Å². The third kappa shape index (κ3) is 3.43. The number of hydrogen-bond donors (Lipinski definition) is 1. The largest absolute Gasteiger partial charge is 0.378 e. The monoisotopic (exact) mass is 293 g/mol. The van der Waals surface area contributed by atoms with Gasteiger partial charge < -0.3 is 5.32 Å². The second-order valence-corrected chi connectivity index (χ2v) is 5.67. The molecule has 3 heteroatoms. The second-order valence-electron chi connectivity index (χ2n) is 4.83. The van der Waals surface area contributed by atoms with Gasteiger partial charge in [0, 0.05) is 21.8 Å². The van der Waals surface area contributed by atoms with Gasteiger partial charge in [-0.25, -0.2) is 0 Å². The van der Waals surface area contributed by atoms with Crippen LogP contribution in [0.1, 0.15) is 29.7 Å². The van der Waals surface area contributed by atoms with Crippen molar-refractivity contribution < 1.29 is 0 Å². The molecule has 1 atom stereocenters. The van der Waals surface area contributed by atoms with Crippen molar-refractivity contribution in [3.8, 4) is 0 Å². The zero-order chi connectivity index (χ0) is 14.0. The molecule has 0 fully saturated rings. The number of aryl methyl sites for hydroxylation is 2. The predicted octanol–water partition coefficient (Wildman–Crippen LogP) is 5.78. The Morgan fingerprint density at radius 2 is 1.68 bits per heavy atom. The third-order valence-corrected chi connectivity index (χ3v) is 3.88. The molecule has 0 saturated carbocycles. The summed E-state index contributed by atoms with van der Waals surface area (Å²) in [5.74, 6) is 0. The Labute approximate surface area is 124 Å². The summed E-state index contributed by atoms with van der Waals surface area (Å²) in [6.45, 7) is 6.31. The molecule has 1 nitrogen and oxygen atoms in total. The van der Waals surface area contributed by atoms with Crippen LogP contribution in [0.2, 0.25) is 10.0 Å². The Balaban J connectivity index is 2.20. The number of hydrogen-bond acceptors (Lipinski definition) is 1. The van der Waals surface area contributed by atoms with Crippen LogP contribution < -0.4 is 5.32 Å². The molecule has 0 aliphatic carbocycles. The van der Waals surface area contributed by atoms with Gasteiger partial charge in [-0.15, -0.1) is 0 Å². The van der Waals surface area contributed by atoms with E-state index in [1.807, 2.05) is 12.1 Å². The standard InChI is InChI=1S/C16H17Cl2N/c1-10-4-6-14(8-11(10)2)19-12(3)15-7-5-13(17)9-16(15)18/h4-9,12,19H,1-3H3. The lowest BCUT2D eigenvalue weighted by atomic mass is 10.1. The smallest absolute Gasteiger partial charge is 0.0500 e. The van der Waals surface area contributed by atoms with Gasteiger partial charge in [0.25, 0.3) is 0 Å². The molecule has 1 N–H and O–H groups in total. The van der Waals surface area contributed by atoms with Gasteiger partial charge in [-0.05, 0) is 61.7 Å². The molecule has 100 valence electrons. The van der Waals surface area contributed by atoms with Crippen molar-refractivity contribution in [2.24, 2.45) is 0 Å². The van der Waals surface area contributed by atoms with Crippen LogP contribution in [-0.4, -0.2) is 0 Å². The van der Waals surface area contributed by atoms with Gasteiger partial charge in [0.05, 0.1) is 0 Å². The maximum absolute atomic E-state index is 6.22. The van der Waals surface area contributed by atoms with E-state index in [-0.39, 0.29) is 6.04 Å². The first-order valence-corrected chi connectivity index (χ1v) is 7.01. The van der Waals surface area contributed by atoms with Crippen molar-refractivity contribution >= 4 is 28.9 Å². The van der Waals surface area contributed by atoms with E-state index < -0.39 is 0 Å². The lowest BCUT2D eigenvalue weighted by Crippen LogP contribution is -2.07. The minimum atomic E-state index is 0.131. The minimum absolute atomic E-state index is 0.131. The Kier molecular flexibility index (Phi) is 4.38. The zero-order valence-corrected chi connectivity index (χ0v) is 12.8. The van der Waals surface area contributed by atoms with Crippen LogP contribution in [0.25, 0.3) is 0 Å². The van der Waals surface area contributed by atoms with Gasteiger partial charge in [-0.3, -0.25) is 0 Å². The molecule has 0 spiro atoms. The molecule has 0 heterocycles. The summed E-state index contributed by atoms with van der Waals surface area (Å²) in [7, 11) is 0. The number of benzene rings is 2. The molecular formula is C16H17Cl2N. The Morgan fingerprint density at radius 3 is 2.32 bits per heavy atom.